The van der Waals surface area contributed by atoms with Crippen molar-refractivity contribution in [3.63, 3.8) is 0 Å². The molecule has 0 aliphatic rings. The highest BCUT2D eigenvalue weighted by Crippen LogP contribution is 2.09. The van der Waals surface area contributed by atoms with Gasteiger partial charge in [0.05, 0.1) is 12.2 Å². The number of nitrogens with one attached hydrogen (secondary N) is 1. The van der Waals surface area contributed by atoms with Crippen LogP contribution in [-0.2, 0) is 6.54 Å². The molecule has 0 saturated carbocycles. The molecule has 0 aliphatic carbocycles. The third-order valence-electron chi connectivity index (χ3n) is 1.44. The highest BCUT2D eigenvalue weighted by atomic mass is 14.9. The van der Waals surface area contributed by atoms with Crippen LogP contribution in [-0.4, -0.2) is 9.97 Å². The molecule has 56 valence electrons. The Hall–Kier alpha value is -0.830. The summed E-state index contributed by atoms with van der Waals surface area (Å²) in [5, 5.41) is 0. The van der Waals surface area contributed by atoms with E-state index in [4.69, 9.17) is 5.73 Å². The van der Waals surface area contributed by atoms with Gasteiger partial charge >= 0.3 is 0 Å². The van der Waals surface area contributed by atoms with Crippen LogP contribution in [0.15, 0.2) is 6.20 Å². The molecule has 1 heterocycles. The summed E-state index contributed by atoms with van der Waals surface area (Å²) in [7, 11) is 0. The number of nitrogens with two attached hydrogens (primary N) is 1. The SMILES string of the molecule is CC(C)c1c[nH]c(CN)n1. The van der Waals surface area contributed by atoms with Gasteiger partial charge in [-0.2, -0.15) is 0 Å². The van der Waals surface area contributed by atoms with Gasteiger partial charge in [0.25, 0.3) is 0 Å². The van der Waals surface area contributed by atoms with Crippen LogP contribution in [0.5, 0.6) is 0 Å². The minimum absolute atomic E-state index is 0.483. The van der Waals surface area contributed by atoms with Crippen molar-refractivity contribution in [2.45, 2.75) is 26.3 Å². The standard InChI is InChI=1S/C7H13N3/c1-5(2)6-4-9-7(3-8)10-6/h4-5H,3,8H2,1-2H3,(H,9,10). The Kier molecular flexibility index (Phi) is 2.06. The lowest BCUT2D eigenvalue weighted by Crippen LogP contribution is -1.98. The van der Waals surface area contributed by atoms with Crippen LogP contribution >= 0.6 is 0 Å². The fourth-order valence-corrected chi connectivity index (χ4v) is 0.778. The minimum Gasteiger partial charge on any atom is -0.347 e. The molecule has 3 nitrogen and oxygen atoms in total. The van der Waals surface area contributed by atoms with Crippen molar-refractivity contribution >= 4 is 0 Å². The van der Waals surface area contributed by atoms with Crippen molar-refractivity contribution in [2.24, 2.45) is 5.73 Å². The van der Waals surface area contributed by atoms with E-state index in [0.717, 1.165) is 11.5 Å². The van der Waals surface area contributed by atoms with E-state index >= 15 is 0 Å². The van der Waals surface area contributed by atoms with Crippen LogP contribution in [0.25, 0.3) is 0 Å². The van der Waals surface area contributed by atoms with Gasteiger partial charge in [0.2, 0.25) is 0 Å². The van der Waals surface area contributed by atoms with Gasteiger partial charge < -0.3 is 10.7 Å². The summed E-state index contributed by atoms with van der Waals surface area (Å²) in [5.74, 6) is 1.35. The van der Waals surface area contributed by atoms with Crippen molar-refractivity contribution in [3.05, 3.63) is 17.7 Å². The van der Waals surface area contributed by atoms with E-state index in [9.17, 15) is 0 Å². The molecule has 0 saturated heterocycles. The number of aromatic nitrogens is 2. The molecule has 1 rings (SSSR count). The van der Waals surface area contributed by atoms with Gasteiger partial charge in [0.1, 0.15) is 5.82 Å². The van der Waals surface area contributed by atoms with Crippen LogP contribution in [0.4, 0.5) is 0 Å². The molecule has 3 heteroatoms. The lowest BCUT2D eigenvalue weighted by Gasteiger charge is -1.95. The Morgan fingerprint density at radius 2 is 2.40 bits per heavy atom. The van der Waals surface area contributed by atoms with Gasteiger partial charge in [-0.15, -0.1) is 0 Å². The smallest absolute Gasteiger partial charge is 0.120 e. The monoisotopic (exact) mass is 139 g/mol. The summed E-state index contributed by atoms with van der Waals surface area (Å²) in [5.41, 5.74) is 6.45. The quantitative estimate of drug-likeness (QED) is 0.642. The maximum atomic E-state index is 5.37. The van der Waals surface area contributed by atoms with Crippen molar-refractivity contribution in [1.29, 1.82) is 0 Å². The molecule has 0 spiro atoms. The van der Waals surface area contributed by atoms with Crippen molar-refractivity contribution in [3.8, 4) is 0 Å². The molecule has 1 aromatic rings. The normalized spacial score (nSPS) is 10.8. The molecule has 0 bridgehead atoms. The molecule has 0 aromatic carbocycles. The third kappa shape index (κ3) is 1.36. The number of hydrogen-bond donors (Lipinski definition) is 2. The number of imidazole rings is 1. The fraction of sp³-hybridized carbons (Fsp3) is 0.571. The van der Waals surface area contributed by atoms with E-state index in [0.29, 0.717) is 12.5 Å². The number of hydrogen-bond acceptors (Lipinski definition) is 2. The Bertz CT molecular complexity index is 202. The third-order valence-corrected chi connectivity index (χ3v) is 1.44. The Morgan fingerprint density at radius 1 is 1.70 bits per heavy atom. The second-order valence-corrected chi connectivity index (χ2v) is 2.63. The predicted molar refractivity (Wildman–Crippen MR) is 40.6 cm³/mol. The average Bonchev–Trinajstić information content (AvgIpc) is 2.34. The van der Waals surface area contributed by atoms with E-state index in [-0.39, 0.29) is 0 Å². The fourth-order valence-electron chi connectivity index (χ4n) is 0.778. The first kappa shape index (κ1) is 7.28. The minimum atomic E-state index is 0.483. The Morgan fingerprint density at radius 3 is 2.70 bits per heavy atom. The first-order valence-corrected chi connectivity index (χ1v) is 3.48. The Labute approximate surface area is 60.7 Å². The molecule has 0 radical (unpaired) electrons. The van der Waals surface area contributed by atoms with E-state index < -0.39 is 0 Å². The molecule has 0 amide bonds. The van der Waals surface area contributed by atoms with Gasteiger partial charge in [-0.3, -0.25) is 0 Å². The van der Waals surface area contributed by atoms with E-state index in [1.54, 1.807) is 0 Å². The topological polar surface area (TPSA) is 54.7 Å². The predicted octanol–water partition coefficient (Wildman–Crippen LogP) is 0.992. The van der Waals surface area contributed by atoms with Crippen molar-refractivity contribution in [1.82, 2.24) is 9.97 Å². The summed E-state index contributed by atoms with van der Waals surface area (Å²) in [4.78, 5) is 7.25. The maximum Gasteiger partial charge on any atom is 0.120 e. The second-order valence-electron chi connectivity index (χ2n) is 2.63. The van der Waals surface area contributed by atoms with Crippen LogP contribution in [0, 0.1) is 0 Å². The molecule has 10 heavy (non-hydrogen) atoms. The summed E-state index contributed by atoms with van der Waals surface area (Å²) >= 11 is 0. The highest BCUT2D eigenvalue weighted by Gasteiger charge is 2.02. The van der Waals surface area contributed by atoms with Crippen LogP contribution < -0.4 is 5.73 Å². The zero-order valence-electron chi connectivity index (χ0n) is 6.39. The summed E-state index contributed by atoms with van der Waals surface area (Å²) in [6.45, 7) is 4.71. The lowest BCUT2D eigenvalue weighted by atomic mass is 10.2. The molecule has 0 aliphatic heterocycles. The molecule has 0 atom stereocenters. The van der Waals surface area contributed by atoms with Gasteiger partial charge in [-0.1, -0.05) is 13.8 Å². The number of nitrogens with zero attached hydrogens (tertiary/aromatic N) is 1. The number of H-pyrrole nitrogens is 1. The summed E-state index contributed by atoms with van der Waals surface area (Å²) in [6.07, 6.45) is 1.91. The van der Waals surface area contributed by atoms with E-state index in [1.807, 2.05) is 6.20 Å². The lowest BCUT2D eigenvalue weighted by molar-refractivity contribution is 0.820. The molecule has 3 N–H and O–H groups in total. The van der Waals surface area contributed by atoms with Gasteiger partial charge in [0, 0.05) is 6.20 Å². The van der Waals surface area contributed by atoms with Crippen LogP contribution in [0.2, 0.25) is 0 Å². The second kappa shape index (κ2) is 2.84. The molecule has 0 unspecified atom stereocenters. The zero-order valence-corrected chi connectivity index (χ0v) is 6.39. The molecule has 0 fully saturated rings. The first-order valence-electron chi connectivity index (χ1n) is 3.48. The molecular weight excluding hydrogens is 126 g/mol. The van der Waals surface area contributed by atoms with E-state index in [1.165, 1.54) is 0 Å². The number of aromatic amines is 1. The van der Waals surface area contributed by atoms with Gasteiger partial charge in [-0.05, 0) is 5.92 Å². The first-order chi connectivity index (χ1) is 4.74. The summed E-state index contributed by atoms with van der Waals surface area (Å²) in [6, 6.07) is 0. The zero-order chi connectivity index (χ0) is 7.56. The maximum absolute atomic E-state index is 5.37. The van der Waals surface area contributed by atoms with Crippen molar-refractivity contribution in [2.75, 3.05) is 0 Å². The Balaban J connectivity index is 2.78. The highest BCUT2D eigenvalue weighted by molar-refractivity contribution is 5.04. The van der Waals surface area contributed by atoms with Crippen LogP contribution in [0.1, 0.15) is 31.3 Å². The van der Waals surface area contributed by atoms with Crippen molar-refractivity contribution < 1.29 is 0 Å². The van der Waals surface area contributed by atoms with Gasteiger partial charge in [0.15, 0.2) is 0 Å². The largest absolute Gasteiger partial charge is 0.347 e. The molecule has 1 aromatic heterocycles. The van der Waals surface area contributed by atoms with Gasteiger partial charge in [-0.25, -0.2) is 4.98 Å². The number of rotatable bonds is 2. The summed E-state index contributed by atoms with van der Waals surface area (Å²) < 4.78 is 0. The van der Waals surface area contributed by atoms with Crippen LogP contribution in [0.3, 0.4) is 0 Å². The molecular formula is C7H13N3. The average molecular weight is 139 g/mol. The van der Waals surface area contributed by atoms with E-state index in [2.05, 4.69) is 23.8 Å².